The van der Waals surface area contributed by atoms with Crippen LogP contribution in [0.4, 0.5) is 0 Å². The van der Waals surface area contributed by atoms with Crippen molar-refractivity contribution in [2.45, 2.75) is 51.5 Å². The van der Waals surface area contributed by atoms with Gasteiger partial charge in [0, 0.05) is 11.0 Å². The van der Waals surface area contributed by atoms with Gasteiger partial charge in [0.2, 0.25) is 0 Å². The summed E-state index contributed by atoms with van der Waals surface area (Å²) < 4.78 is 4.53. The van der Waals surface area contributed by atoms with Gasteiger partial charge in [-0.25, -0.2) is 4.79 Å². The molecule has 1 aromatic heterocycles. The van der Waals surface area contributed by atoms with Gasteiger partial charge in [-0.1, -0.05) is 19.0 Å². The largest absolute Gasteiger partial charge is 0.438 e. The van der Waals surface area contributed by atoms with Gasteiger partial charge in [0.25, 0.3) is 0 Å². The molecule has 0 radical (unpaired) electrons. The van der Waals surface area contributed by atoms with E-state index in [1.807, 2.05) is 27.7 Å². The Balaban J connectivity index is 3.00. The van der Waals surface area contributed by atoms with Crippen LogP contribution in [0.25, 0.3) is 0 Å². The number of nitrogens with two attached hydrogens (primary N) is 1. The van der Waals surface area contributed by atoms with Crippen LogP contribution in [0.15, 0.2) is 9.32 Å². The van der Waals surface area contributed by atoms with Crippen molar-refractivity contribution in [1.29, 1.82) is 0 Å². The van der Waals surface area contributed by atoms with Crippen molar-refractivity contribution >= 4 is 0 Å². The summed E-state index contributed by atoms with van der Waals surface area (Å²) in [4.78, 5) is 13.5. The average molecular weight is 213 g/mol. The predicted octanol–water partition coefficient (Wildman–Crippen LogP) is 1.16. The van der Waals surface area contributed by atoms with Crippen LogP contribution < -0.4 is 11.5 Å². The normalized spacial score (nSPS) is 16.3. The Hall–Kier alpha value is -1.10. The maximum Gasteiger partial charge on any atom is 0.438 e. The Morgan fingerprint density at radius 2 is 2.07 bits per heavy atom. The second-order valence-electron chi connectivity index (χ2n) is 5.02. The summed E-state index contributed by atoms with van der Waals surface area (Å²) in [5.74, 6) is 0.0630. The molecule has 0 spiro atoms. The molecule has 0 aliphatic heterocycles. The molecule has 5 heteroatoms. The molecule has 1 rings (SSSR count). The van der Waals surface area contributed by atoms with Crippen LogP contribution in [0.2, 0.25) is 0 Å². The van der Waals surface area contributed by atoms with Crippen LogP contribution in [0.1, 0.15) is 46.4 Å². The summed E-state index contributed by atoms with van der Waals surface area (Å²) in [6.07, 6.45) is 1.58. The molecule has 1 heterocycles. The van der Waals surface area contributed by atoms with Crippen molar-refractivity contribution in [3.63, 3.8) is 0 Å². The molecule has 1 unspecified atom stereocenters. The molecule has 1 atom stereocenters. The van der Waals surface area contributed by atoms with Crippen molar-refractivity contribution in [2.24, 2.45) is 5.73 Å². The number of aromatic nitrogens is 2. The molecule has 0 fully saturated rings. The van der Waals surface area contributed by atoms with Crippen molar-refractivity contribution < 1.29 is 4.52 Å². The van der Waals surface area contributed by atoms with Gasteiger partial charge in [-0.05, 0) is 26.7 Å². The number of nitrogens with one attached hydrogen (secondary N) is 1. The molecule has 86 valence electrons. The van der Waals surface area contributed by atoms with Crippen molar-refractivity contribution in [1.82, 2.24) is 10.1 Å². The molecule has 0 amide bonds. The smallest absolute Gasteiger partial charge is 0.326 e. The van der Waals surface area contributed by atoms with Gasteiger partial charge < -0.3 is 5.73 Å². The van der Waals surface area contributed by atoms with E-state index >= 15 is 0 Å². The van der Waals surface area contributed by atoms with E-state index < -0.39 is 5.76 Å². The number of H-pyrrole nitrogens is 1. The molecule has 0 aliphatic carbocycles. The third-order valence-electron chi connectivity index (χ3n) is 2.64. The maximum atomic E-state index is 10.9. The standard InChI is InChI=1S/C10H19N3O2/c1-5-10(4,6-9(2,3)11)7-12-8(14)15-13-7/h5-6,11H2,1-4H3,(H,12,13,14). The SMILES string of the molecule is CCC(C)(CC(C)(C)N)c1noc(=O)[nH]1. The number of aromatic amines is 1. The first-order chi connectivity index (χ1) is 6.77. The van der Waals surface area contributed by atoms with E-state index in [1.54, 1.807) is 0 Å². The Morgan fingerprint density at radius 3 is 2.40 bits per heavy atom. The van der Waals surface area contributed by atoms with E-state index in [-0.39, 0.29) is 11.0 Å². The van der Waals surface area contributed by atoms with Crippen LogP contribution >= 0.6 is 0 Å². The lowest BCUT2D eigenvalue weighted by molar-refractivity contribution is 0.290. The minimum absolute atomic E-state index is 0.246. The molecule has 5 nitrogen and oxygen atoms in total. The highest BCUT2D eigenvalue weighted by Gasteiger charge is 2.33. The molecule has 0 aromatic carbocycles. The Labute approximate surface area is 89.0 Å². The Kier molecular flexibility index (Phi) is 3.04. The van der Waals surface area contributed by atoms with Gasteiger partial charge in [-0.3, -0.25) is 9.51 Å². The third kappa shape index (κ3) is 2.92. The summed E-state index contributed by atoms with van der Waals surface area (Å²) in [6, 6.07) is 0. The lowest BCUT2D eigenvalue weighted by atomic mass is 9.76. The number of hydrogen-bond acceptors (Lipinski definition) is 4. The van der Waals surface area contributed by atoms with Crippen molar-refractivity contribution in [2.75, 3.05) is 0 Å². The first-order valence-corrected chi connectivity index (χ1v) is 5.12. The van der Waals surface area contributed by atoms with Gasteiger partial charge in [0.15, 0.2) is 5.82 Å². The highest BCUT2D eigenvalue weighted by atomic mass is 16.5. The van der Waals surface area contributed by atoms with Gasteiger partial charge in [-0.15, -0.1) is 0 Å². The second-order valence-corrected chi connectivity index (χ2v) is 5.02. The van der Waals surface area contributed by atoms with Crippen molar-refractivity contribution in [3.05, 3.63) is 16.4 Å². The third-order valence-corrected chi connectivity index (χ3v) is 2.64. The quantitative estimate of drug-likeness (QED) is 0.785. The van der Waals surface area contributed by atoms with Crippen LogP contribution in [0, 0.1) is 0 Å². The first kappa shape index (κ1) is 12.0. The molecule has 1 aromatic rings. The van der Waals surface area contributed by atoms with Crippen LogP contribution in [-0.2, 0) is 5.41 Å². The van der Waals surface area contributed by atoms with E-state index in [4.69, 9.17) is 5.73 Å². The second kappa shape index (κ2) is 3.81. The summed E-state index contributed by atoms with van der Waals surface area (Å²) in [5.41, 5.74) is 5.44. The Morgan fingerprint density at radius 1 is 1.47 bits per heavy atom. The molecular formula is C10H19N3O2. The molecule has 0 saturated heterocycles. The number of nitrogens with zero attached hydrogens (tertiary/aromatic N) is 1. The zero-order chi connectivity index (χ0) is 11.7. The number of rotatable bonds is 4. The number of hydrogen-bond donors (Lipinski definition) is 2. The zero-order valence-electron chi connectivity index (χ0n) is 9.76. The fourth-order valence-electron chi connectivity index (χ4n) is 1.87. The summed E-state index contributed by atoms with van der Waals surface area (Å²) in [6.45, 7) is 7.98. The highest BCUT2D eigenvalue weighted by Crippen LogP contribution is 2.32. The lowest BCUT2D eigenvalue weighted by Gasteiger charge is -2.32. The van der Waals surface area contributed by atoms with E-state index in [9.17, 15) is 4.79 Å². The first-order valence-electron chi connectivity index (χ1n) is 5.12. The molecule has 0 saturated carbocycles. The molecule has 3 N–H and O–H groups in total. The van der Waals surface area contributed by atoms with Crippen LogP contribution in [-0.4, -0.2) is 15.7 Å². The van der Waals surface area contributed by atoms with E-state index in [0.717, 1.165) is 12.8 Å². The molecule has 0 aliphatic rings. The van der Waals surface area contributed by atoms with Gasteiger partial charge in [0.05, 0.1) is 0 Å². The molecule has 15 heavy (non-hydrogen) atoms. The Bertz CT molecular complexity index is 375. The van der Waals surface area contributed by atoms with Crippen molar-refractivity contribution in [3.8, 4) is 0 Å². The average Bonchev–Trinajstić information content (AvgIpc) is 2.49. The fraction of sp³-hybridized carbons (Fsp3) is 0.800. The molecular weight excluding hydrogens is 194 g/mol. The molecule has 0 bridgehead atoms. The van der Waals surface area contributed by atoms with Gasteiger partial charge in [-0.2, -0.15) is 0 Å². The van der Waals surface area contributed by atoms with Gasteiger partial charge >= 0.3 is 5.76 Å². The minimum Gasteiger partial charge on any atom is -0.326 e. The van der Waals surface area contributed by atoms with Crippen LogP contribution in [0.5, 0.6) is 0 Å². The fourth-order valence-corrected chi connectivity index (χ4v) is 1.87. The zero-order valence-corrected chi connectivity index (χ0v) is 9.76. The van der Waals surface area contributed by atoms with E-state index in [0.29, 0.717) is 5.82 Å². The van der Waals surface area contributed by atoms with E-state index in [1.165, 1.54) is 0 Å². The highest BCUT2D eigenvalue weighted by molar-refractivity contribution is 5.05. The van der Waals surface area contributed by atoms with E-state index in [2.05, 4.69) is 14.7 Å². The summed E-state index contributed by atoms with van der Waals surface area (Å²) >= 11 is 0. The summed E-state index contributed by atoms with van der Waals surface area (Å²) in [7, 11) is 0. The topological polar surface area (TPSA) is 84.9 Å². The maximum absolute atomic E-state index is 10.9. The van der Waals surface area contributed by atoms with Gasteiger partial charge in [0.1, 0.15) is 0 Å². The minimum atomic E-state index is -0.514. The summed E-state index contributed by atoms with van der Waals surface area (Å²) in [5, 5.41) is 3.74. The van der Waals surface area contributed by atoms with Crippen LogP contribution in [0.3, 0.4) is 0 Å². The monoisotopic (exact) mass is 213 g/mol. The predicted molar refractivity (Wildman–Crippen MR) is 57.7 cm³/mol. The lowest BCUT2D eigenvalue weighted by Crippen LogP contribution is -2.40.